The summed E-state index contributed by atoms with van der Waals surface area (Å²) in [5.74, 6) is -0.575. The van der Waals surface area contributed by atoms with E-state index in [2.05, 4.69) is 11.9 Å². The second kappa shape index (κ2) is 12.2. The van der Waals surface area contributed by atoms with E-state index in [-0.39, 0.29) is 17.7 Å². The number of rotatable bonds is 10. The highest BCUT2D eigenvalue weighted by Crippen LogP contribution is 2.35. The normalized spacial score (nSPS) is 10.8. The number of carboxylic acid groups (broad SMARTS) is 1. The number of methoxy groups -OCH3 is 1. The topological polar surface area (TPSA) is 109 Å². The second-order valence-corrected chi connectivity index (χ2v) is 8.44. The number of allylic oxidation sites excluding steroid dienone is 1. The van der Waals surface area contributed by atoms with E-state index in [0.29, 0.717) is 29.2 Å². The maximum Gasteiger partial charge on any atom is 0.335 e. The average molecular weight is 497 g/mol. The lowest BCUT2D eigenvalue weighted by Crippen LogP contribution is -2.14. The first-order chi connectivity index (χ1) is 17.7. The Kier molecular flexibility index (Phi) is 8.85. The van der Waals surface area contributed by atoms with Crippen molar-refractivity contribution < 1.29 is 24.2 Å². The maximum atomic E-state index is 12.8. The first-order valence-electron chi connectivity index (χ1n) is 11.5. The third-order valence-corrected chi connectivity index (χ3v) is 5.63. The fraction of sp³-hybridized carbons (Fsp3) is 0.167. The van der Waals surface area contributed by atoms with Crippen LogP contribution in [0.2, 0.25) is 0 Å². The zero-order valence-electron chi connectivity index (χ0n) is 21.0. The summed E-state index contributed by atoms with van der Waals surface area (Å²) in [7, 11) is 1.51. The maximum absolute atomic E-state index is 12.8. The molecule has 0 bridgehead atoms. The number of anilines is 1. The van der Waals surface area contributed by atoms with Crippen molar-refractivity contribution in [2.45, 2.75) is 26.9 Å². The van der Waals surface area contributed by atoms with E-state index >= 15 is 0 Å². The molecule has 3 aromatic carbocycles. The molecular formula is C30H28N2O5. The summed E-state index contributed by atoms with van der Waals surface area (Å²) in [5, 5.41) is 21.6. The summed E-state index contributed by atoms with van der Waals surface area (Å²) in [5.41, 5.74) is 4.90. The monoisotopic (exact) mass is 496 g/mol. The molecule has 0 heterocycles. The van der Waals surface area contributed by atoms with Crippen molar-refractivity contribution in [3.8, 4) is 17.6 Å². The van der Waals surface area contributed by atoms with Gasteiger partial charge in [0.15, 0.2) is 11.5 Å². The molecule has 0 radical (unpaired) electrons. The van der Waals surface area contributed by atoms with E-state index in [4.69, 9.17) is 14.6 Å². The van der Waals surface area contributed by atoms with Gasteiger partial charge < -0.3 is 19.9 Å². The highest BCUT2D eigenvalue weighted by atomic mass is 16.5. The van der Waals surface area contributed by atoms with Gasteiger partial charge in [0.1, 0.15) is 18.2 Å². The number of amides is 1. The Bertz CT molecular complexity index is 1400. The van der Waals surface area contributed by atoms with Crippen LogP contribution >= 0.6 is 0 Å². The quantitative estimate of drug-likeness (QED) is 0.207. The van der Waals surface area contributed by atoms with E-state index in [9.17, 15) is 14.9 Å². The van der Waals surface area contributed by atoms with Crippen LogP contribution in [-0.2, 0) is 17.8 Å². The van der Waals surface area contributed by atoms with Gasteiger partial charge in [0, 0.05) is 11.3 Å². The predicted molar refractivity (Wildman–Crippen MR) is 143 cm³/mol. The number of carbonyl (C=O) groups is 2. The van der Waals surface area contributed by atoms with Crippen LogP contribution in [0.4, 0.5) is 5.69 Å². The molecule has 0 spiro atoms. The minimum atomic E-state index is -0.995. The third kappa shape index (κ3) is 6.86. The van der Waals surface area contributed by atoms with Gasteiger partial charge in [0.05, 0.1) is 12.7 Å². The molecule has 0 aliphatic carbocycles. The molecule has 1 amide bonds. The number of ether oxygens (including phenoxy) is 2. The zero-order chi connectivity index (χ0) is 26.9. The van der Waals surface area contributed by atoms with Gasteiger partial charge in [-0.3, -0.25) is 4.79 Å². The Balaban J connectivity index is 1.88. The molecule has 0 saturated heterocycles. The Morgan fingerprint density at radius 2 is 1.84 bits per heavy atom. The standard InChI is InChI=1S/C30H28N2O5/c1-5-6-24-14-22(15-25(17-31)29(33)32-26-12-7-19(2)13-20(26)3)16-27(36-4)28(24)37-18-21-8-10-23(11-9-21)30(34)35/h5,7-16H,1,6,18H2,2-4H3,(H,32,33)(H,34,35)/b25-15+. The molecule has 0 atom stereocenters. The molecule has 0 aliphatic heterocycles. The van der Waals surface area contributed by atoms with Gasteiger partial charge in [-0.15, -0.1) is 6.58 Å². The van der Waals surface area contributed by atoms with Gasteiger partial charge in [-0.1, -0.05) is 35.9 Å². The number of nitriles is 1. The minimum absolute atomic E-state index is 0.0567. The molecule has 3 rings (SSSR count). The van der Waals surface area contributed by atoms with Gasteiger partial charge in [-0.2, -0.15) is 5.26 Å². The second-order valence-electron chi connectivity index (χ2n) is 8.44. The van der Waals surface area contributed by atoms with Crippen LogP contribution in [0.15, 0.2) is 72.8 Å². The van der Waals surface area contributed by atoms with Gasteiger partial charge in [-0.25, -0.2) is 4.79 Å². The summed E-state index contributed by atoms with van der Waals surface area (Å²) in [4.78, 5) is 23.9. The van der Waals surface area contributed by atoms with Gasteiger partial charge in [0.2, 0.25) is 0 Å². The Morgan fingerprint density at radius 3 is 2.43 bits per heavy atom. The number of hydrogen-bond acceptors (Lipinski definition) is 5. The number of nitrogens with zero attached hydrogens (tertiary/aromatic N) is 1. The largest absolute Gasteiger partial charge is 0.493 e. The number of hydrogen-bond donors (Lipinski definition) is 2. The van der Waals surface area contributed by atoms with Crippen molar-refractivity contribution in [3.63, 3.8) is 0 Å². The Morgan fingerprint density at radius 1 is 1.11 bits per heavy atom. The first-order valence-corrected chi connectivity index (χ1v) is 11.5. The summed E-state index contributed by atoms with van der Waals surface area (Å²) >= 11 is 0. The molecule has 0 fully saturated rings. The fourth-order valence-corrected chi connectivity index (χ4v) is 3.75. The van der Waals surface area contributed by atoms with Crippen LogP contribution in [-0.4, -0.2) is 24.1 Å². The molecule has 37 heavy (non-hydrogen) atoms. The van der Waals surface area contributed by atoms with Crippen LogP contribution in [0.25, 0.3) is 6.08 Å². The van der Waals surface area contributed by atoms with Crippen LogP contribution in [0.5, 0.6) is 11.5 Å². The van der Waals surface area contributed by atoms with Crippen LogP contribution in [0.1, 0.15) is 38.2 Å². The summed E-state index contributed by atoms with van der Waals surface area (Å²) in [6.07, 6.45) is 3.68. The summed E-state index contributed by atoms with van der Waals surface area (Å²) < 4.78 is 11.6. The van der Waals surface area contributed by atoms with E-state index in [0.717, 1.165) is 22.3 Å². The van der Waals surface area contributed by atoms with Crippen molar-refractivity contribution in [1.29, 1.82) is 5.26 Å². The number of carbonyl (C=O) groups excluding carboxylic acids is 1. The van der Waals surface area contributed by atoms with Crippen molar-refractivity contribution in [3.05, 3.63) is 106 Å². The molecule has 7 heteroatoms. The summed E-state index contributed by atoms with van der Waals surface area (Å²) in [6, 6.07) is 17.6. The van der Waals surface area contributed by atoms with Gasteiger partial charge in [-0.05, 0) is 73.4 Å². The van der Waals surface area contributed by atoms with Gasteiger partial charge >= 0.3 is 5.97 Å². The molecule has 0 saturated carbocycles. The van der Waals surface area contributed by atoms with Crippen molar-refractivity contribution in [2.24, 2.45) is 0 Å². The fourth-order valence-electron chi connectivity index (χ4n) is 3.75. The highest BCUT2D eigenvalue weighted by molar-refractivity contribution is 6.10. The van der Waals surface area contributed by atoms with Crippen molar-refractivity contribution >= 4 is 23.6 Å². The molecule has 0 unspecified atom stereocenters. The predicted octanol–water partition coefficient (Wildman–Crippen LogP) is 5.86. The molecule has 2 N–H and O–H groups in total. The number of aryl methyl sites for hydroxylation is 2. The first kappa shape index (κ1) is 26.8. The number of benzene rings is 3. The van der Waals surface area contributed by atoms with Crippen molar-refractivity contribution in [1.82, 2.24) is 0 Å². The highest BCUT2D eigenvalue weighted by Gasteiger charge is 2.16. The number of carboxylic acids is 1. The van der Waals surface area contributed by atoms with E-state index in [1.165, 1.54) is 25.3 Å². The van der Waals surface area contributed by atoms with Crippen LogP contribution < -0.4 is 14.8 Å². The van der Waals surface area contributed by atoms with E-state index in [1.807, 2.05) is 44.2 Å². The molecule has 188 valence electrons. The third-order valence-electron chi connectivity index (χ3n) is 5.63. The van der Waals surface area contributed by atoms with E-state index in [1.54, 1.807) is 24.3 Å². The SMILES string of the molecule is C=CCc1cc(/C=C(\C#N)C(=O)Nc2ccc(C)cc2C)cc(OC)c1OCc1ccc(C(=O)O)cc1. The van der Waals surface area contributed by atoms with Crippen LogP contribution in [0, 0.1) is 25.2 Å². The lowest BCUT2D eigenvalue weighted by Gasteiger charge is -2.16. The Hall–Kier alpha value is -4.83. The van der Waals surface area contributed by atoms with Gasteiger partial charge in [0.25, 0.3) is 5.91 Å². The molecule has 0 aliphatic rings. The lowest BCUT2D eigenvalue weighted by atomic mass is 10.0. The lowest BCUT2D eigenvalue weighted by molar-refractivity contribution is -0.112. The van der Waals surface area contributed by atoms with Crippen LogP contribution in [0.3, 0.4) is 0 Å². The van der Waals surface area contributed by atoms with Crippen molar-refractivity contribution in [2.75, 3.05) is 12.4 Å². The average Bonchev–Trinajstić information content (AvgIpc) is 2.88. The minimum Gasteiger partial charge on any atom is -0.493 e. The number of aromatic carboxylic acids is 1. The smallest absolute Gasteiger partial charge is 0.335 e. The van der Waals surface area contributed by atoms with E-state index < -0.39 is 11.9 Å². The zero-order valence-corrected chi connectivity index (χ0v) is 21.0. The molecule has 3 aromatic rings. The molecular weight excluding hydrogens is 468 g/mol. The Labute approximate surface area is 216 Å². The molecule has 0 aromatic heterocycles. The summed E-state index contributed by atoms with van der Waals surface area (Å²) in [6.45, 7) is 7.86. The molecule has 7 nitrogen and oxygen atoms in total. The number of nitrogens with one attached hydrogen (secondary N) is 1.